The van der Waals surface area contributed by atoms with E-state index in [0.717, 1.165) is 47.8 Å². The average Bonchev–Trinajstić information content (AvgIpc) is 2.71. The zero-order chi connectivity index (χ0) is 19.8. The van der Waals surface area contributed by atoms with Gasteiger partial charge in [-0.1, -0.05) is 28.1 Å². The second-order valence-electron chi connectivity index (χ2n) is 7.00. The molecule has 1 aromatic carbocycles. The predicted octanol–water partition coefficient (Wildman–Crippen LogP) is 3.07. The summed E-state index contributed by atoms with van der Waals surface area (Å²) in [5, 5.41) is 2.95. The van der Waals surface area contributed by atoms with Crippen LogP contribution in [-0.2, 0) is 11.3 Å². The summed E-state index contributed by atoms with van der Waals surface area (Å²) in [6.07, 6.45) is 2.98. The van der Waals surface area contributed by atoms with Gasteiger partial charge >= 0.3 is 0 Å². The minimum atomic E-state index is 0.0287. The molecule has 1 aliphatic heterocycles. The first kappa shape index (κ1) is 20.6. The number of anilines is 1. The second kappa shape index (κ2) is 10.4. The lowest BCUT2D eigenvalue weighted by Gasteiger charge is -2.33. The van der Waals surface area contributed by atoms with E-state index in [4.69, 9.17) is 4.74 Å². The molecule has 0 unspecified atom stereocenters. The van der Waals surface area contributed by atoms with Crippen molar-refractivity contribution in [1.82, 2.24) is 15.2 Å². The highest BCUT2D eigenvalue weighted by Gasteiger charge is 2.14. The summed E-state index contributed by atoms with van der Waals surface area (Å²) in [6, 6.07) is 11.8. The van der Waals surface area contributed by atoms with Crippen LogP contribution in [0.2, 0.25) is 0 Å². The molecule has 2 aromatic rings. The third-order valence-electron chi connectivity index (χ3n) is 4.74. The van der Waals surface area contributed by atoms with E-state index in [1.54, 1.807) is 0 Å². The van der Waals surface area contributed by atoms with Crippen LogP contribution in [-0.4, -0.2) is 55.6 Å². The maximum Gasteiger partial charge on any atom is 0.220 e. The highest BCUT2D eigenvalue weighted by atomic mass is 79.9. The monoisotopic (exact) mass is 446 g/mol. The van der Waals surface area contributed by atoms with Crippen molar-refractivity contribution in [1.29, 1.82) is 0 Å². The summed E-state index contributed by atoms with van der Waals surface area (Å²) in [5.41, 5.74) is 1.01. The topological polar surface area (TPSA) is 57.7 Å². The average molecular weight is 447 g/mol. The number of nitrogens with zero attached hydrogens (tertiary/aromatic N) is 3. The molecule has 0 spiro atoms. The normalized spacial score (nSPS) is 14.7. The van der Waals surface area contributed by atoms with E-state index < -0.39 is 0 Å². The summed E-state index contributed by atoms with van der Waals surface area (Å²) in [5.74, 6) is 1.84. The molecule has 0 bridgehead atoms. The van der Waals surface area contributed by atoms with E-state index >= 15 is 0 Å². The molecule has 6 nitrogen and oxygen atoms in total. The summed E-state index contributed by atoms with van der Waals surface area (Å²) in [4.78, 5) is 21.2. The number of aromatic nitrogens is 1. The summed E-state index contributed by atoms with van der Waals surface area (Å²) in [7, 11) is 2.14. The molecule has 28 heavy (non-hydrogen) atoms. The number of amides is 1. The molecule has 2 heterocycles. The molecule has 7 heteroatoms. The molecule has 1 fully saturated rings. The van der Waals surface area contributed by atoms with Gasteiger partial charge < -0.3 is 19.9 Å². The number of hydrogen-bond acceptors (Lipinski definition) is 5. The van der Waals surface area contributed by atoms with Gasteiger partial charge in [-0.2, -0.15) is 0 Å². The number of rotatable bonds is 8. The van der Waals surface area contributed by atoms with Crippen LogP contribution in [0.4, 0.5) is 5.82 Å². The van der Waals surface area contributed by atoms with Gasteiger partial charge in [0.05, 0.1) is 6.61 Å². The van der Waals surface area contributed by atoms with Gasteiger partial charge in [0.15, 0.2) is 0 Å². The number of pyridine rings is 1. The smallest absolute Gasteiger partial charge is 0.220 e. The van der Waals surface area contributed by atoms with Crippen LogP contribution in [0.25, 0.3) is 0 Å². The Morgan fingerprint density at radius 3 is 2.75 bits per heavy atom. The summed E-state index contributed by atoms with van der Waals surface area (Å²) in [6.45, 7) is 5.14. The van der Waals surface area contributed by atoms with Crippen molar-refractivity contribution in [3.8, 4) is 5.75 Å². The van der Waals surface area contributed by atoms with Gasteiger partial charge in [0.25, 0.3) is 0 Å². The van der Waals surface area contributed by atoms with Crippen molar-refractivity contribution in [2.75, 3.05) is 44.7 Å². The Morgan fingerprint density at radius 2 is 2.04 bits per heavy atom. The molecule has 1 saturated heterocycles. The van der Waals surface area contributed by atoms with E-state index in [2.05, 4.69) is 43.1 Å². The third-order valence-corrected chi connectivity index (χ3v) is 5.23. The number of carbonyl (C=O) groups is 1. The van der Waals surface area contributed by atoms with Crippen LogP contribution in [0, 0.1) is 0 Å². The largest absolute Gasteiger partial charge is 0.494 e. The van der Waals surface area contributed by atoms with Crippen LogP contribution in [0.15, 0.2) is 47.1 Å². The zero-order valence-electron chi connectivity index (χ0n) is 16.2. The van der Waals surface area contributed by atoms with Crippen molar-refractivity contribution in [3.63, 3.8) is 0 Å². The first-order chi connectivity index (χ1) is 13.6. The fourth-order valence-corrected chi connectivity index (χ4v) is 3.39. The van der Waals surface area contributed by atoms with Gasteiger partial charge in [0.2, 0.25) is 5.91 Å². The molecule has 3 rings (SSSR count). The van der Waals surface area contributed by atoms with Crippen LogP contribution in [0.1, 0.15) is 18.4 Å². The van der Waals surface area contributed by atoms with Crippen molar-refractivity contribution >= 4 is 27.7 Å². The van der Waals surface area contributed by atoms with Crippen molar-refractivity contribution < 1.29 is 9.53 Å². The Hall–Kier alpha value is -2.12. The summed E-state index contributed by atoms with van der Waals surface area (Å²) < 4.78 is 6.63. The maximum atomic E-state index is 12.0. The molecular formula is C21H27BrN4O2. The van der Waals surface area contributed by atoms with Crippen molar-refractivity contribution in [2.45, 2.75) is 19.4 Å². The second-order valence-corrected chi connectivity index (χ2v) is 7.92. The third kappa shape index (κ3) is 6.49. The standard InChI is InChI=1S/C21H27BrN4O2/c1-25-9-11-26(12-10-25)20-8-7-17(15-23-20)16-24-21(27)6-3-13-28-19-5-2-4-18(22)14-19/h2,4-5,7-8,14-15H,3,6,9-13,16H2,1H3,(H,24,27). The van der Waals surface area contributed by atoms with E-state index in [1.165, 1.54) is 0 Å². The molecule has 0 saturated carbocycles. The molecule has 0 atom stereocenters. The molecule has 150 valence electrons. The van der Waals surface area contributed by atoms with E-state index in [9.17, 15) is 4.79 Å². The lowest BCUT2D eigenvalue weighted by atomic mass is 10.2. The molecule has 1 aromatic heterocycles. The Morgan fingerprint density at radius 1 is 1.21 bits per heavy atom. The Bertz CT molecular complexity index is 761. The van der Waals surface area contributed by atoms with Gasteiger partial charge in [-0.25, -0.2) is 4.98 Å². The van der Waals surface area contributed by atoms with E-state index in [1.807, 2.05) is 42.6 Å². The minimum Gasteiger partial charge on any atom is -0.494 e. The maximum absolute atomic E-state index is 12.0. The molecular weight excluding hydrogens is 420 g/mol. The number of halogens is 1. The van der Waals surface area contributed by atoms with Crippen LogP contribution >= 0.6 is 15.9 Å². The number of ether oxygens (including phenoxy) is 1. The van der Waals surface area contributed by atoms with Gasteiger partial charge in [-0.3, -0.25) is 4.79 Å². The fourth-order valence-electron chi connectivity index (χ4n) is 3.01. The highest BCUT2D eigenvalue weighted by molar-refractivity contribution is 9.10. The SMILES string of the molecule is CN1CCN(c2ccc(CNC(=O)CCCOc3cccc(Br)c3)cn2)CC1. The molecule has 0 radical (unpaired) electrons. The Labute approximate surface area is 175 Å². The zero-order valence-corrected chi connectivity index (χ0v) is 17.8. The molecule has 0 aliphatic carbocycles. The predicted molar refractivity (Wildman–Crippen MR) is 115 cm³/mol. The number of nitrogens with one attached hydrogen (secondary N) is 1. The Kier molecular flexibility index (Phi) is 7.68. The quantitative estimate of drug-likeness (QED) is 0.631. The van der Waals surface area contributed by atoms with Gasteiger partial charge in [-0.05, 0) is 43.3 Å². The highest BCUT2D eigenvalue weighted by Crippen LogP contribution is 2.18. The minimum absolute atomic E-state index is 0.0287. The summed E-state index contributed by atoms with van der Waals surface area (Å²) >= 11 is 3.41. The van der Waals surface area contributed by atoms with Gasteiger partial charge in [0, 0.05) is 49.8 Å². The number of carbonyl (C=O) groups excluding carboxylic acids is 1. The first-order valence-electron chi connectivity index (χ1n) is 9.63. The molecule has 1 N–H and O–H groups in total. The lowest BCUT2D eigenvalue weighted by molar-refractivity contribution is -0.121. The first-order valence-corrected chi connectivity index (χ1v) is 10.4. The number of hydrogen-bond donors (Lipinski definition) is 1. The van der Waals surface area contributed by atoms with E-state index in [0.29, 0.717) is 26.0 Å². The van der Waals surface area contributed by atoms with Gasteiger partial charge in [-0.15, -0.1) is 0 Å². The lowest BCUT2D eigenvalue weighted by Crippen LogP contribution is -2.44. The van der Waals surface area contributed by atoms with Crippen LogP contribution < -0.4 is 15.0 Å². The number of piperazine rings is 1. The van der Waals surface area contributed by atoms with E-state index in [-0.39, 0.29) is 5.91 Å². The van der Waals surface area contributed by atoms with Crippen molar-refractivity contribution in [2.24, 2.45) is 0 Å². The fraction of sp³-hybridized carbons (Fsp3) is 0.429. The van der Waals surface area contributed by atoms with Crippen molar-refractivity contribution in [3.05, 3.63) is 52.6 Å². The Balaban J connectivity index is 1.34. The molecule has 1 aliphatic rings. The number of benzene rings is 1. The van der Waals surface area contributed by atoms with Gasteiger partial charge in [0.1, 0.15) is 11.6 Å². The molecule has 1 amide bonds. The van der Waals surface area contributed by atoms with Crippen LogP contribution in [0.5, 0.6) is 5.75 Å². The number of likely N-dealkylation sites (N-methyl/N-ethyl adjacent to an activating group) is 1. The van der Waals surface area contributed by atoms with Crippen LogP contribution in [0.3, 0.4) is 0 Å².